The van der Waals surface area contributed by atoms with E-state index >= 15 is 0 Å². The van der Waals surface area contributed by atoms with Gasteiger partial charge >= 0.3 is 0 Å². The van der Waals surface area contributed by atoms with Gasteiger partial charge in [0.05, 0.1) is 6.10 Å². The van der Waals surface area contributed by atoms with Crippen LogP contribution < -0.4 is 0 Å². The summed E-state index contributed by atoms with van der Waals surface area (Å²) in [6, 6.07) is 1.53. The van der Waals surface area contributed by atoms with Gasteiger partial charge in [0.25, 0.3) is 0 Å². The van der Waals surface area contributed by atoms with E-state index in [-0.39, 0.29) is 0 Å². The molecule has 2 heterocycles. The minimum atomic E-state index is 0.489. The van der Waals surface area contributed by atoms with E-state index in [2.05, 4.69) is 23.6 Å². The molecule has 2 saturated heterocycles. The van der Waals surface area contributed by atoms with Crippen molar-refractivity contribution >= 4 is 0 Å². The van der Waals surface area contributed by atoms with Crippen molar-refractivity contribution in [1.29, 1.82) is 0 Å². The molecule has 1 atom stereocenters. The molecule has 0 unspecified atom stereocenters. The summed E-state index contributed by atoms with van der Waals surface area (Å²) in [4.78, 5) is 5.24. The number of methoxy groups -OCH3 is 1. The number of piperidine rings is 1. The fourth-order valence-electron chi connectivity index (χ4n) is 3.05. The molecule has 3 nitrogen and oxygen atoms in total. The van der Waals surface area contributed by atoms with Gasteiger partial charge in [-0.25, -0.2) is 0 Å². The maximum absolute atomic E-state index is 5.44. The summed E-state index contributed by atoms with van der Waals surface area (Å²) < 4.78 is 5.44. The van der Waals surface area contributed by atoms with Gasteiger partial charge in [0.2, 0.25) is 0 Å². The molecule has 0 N–H and O–H groups in total. The second-order valence-corrected chi connectivity index (χ2v) is 5.50. The van der Waals surface area contributed by atoms with E-state index in [1.165, 1.54) is 38.9 Å². The summed E-state index contributed by atoms with van der Waals surface area (Å²) >= 11 is 0. The highest BCUT2D eigenvalue weighted by molar-refractivity contribution is 4.86. The van der Waals surface area contributed by atoms with Crippen molar-refractivity contribution in [2.45, 2.75) is 51.3 Å². The first-order chi connectivity index (χ1) is 7.70. The number of rotatable bonds is 3. The van der Waals surface area contributed by atoms with E-state index in [0.29, 0.717) is 12.1 Å². The van der Waals surface area contributed by atoms with E-state index in [1.54, 1.807) is 0 Å². The van der Waals surface area contributed by atoms with Crippen LogP contribution in [0.2, 0.25) is 0 Å². The fraction of sp³-hybridized carbons (Fsp3) is 1.00. The quantitative estimate of drug-likeness (QED) is 0.726. The van der Waals surface area contributed by atoms with E-state index in [0.717, 1.165) is 12.6 Å². The van der Waals surface area contributed by atoms with Crippen molar-refractivity contribution in [1.82, 2.24) is 9.80 Å². The monoisotopic (exact) mass is 226 g/mol. The first-order valence-corrected chi connectivity index (χ1v) is 6.71. The molecule has 0 aromatic heterocycles. The Labute approximate surface area is 99.7 Å². The molecule has 0 bridgehead atoms. The van der Waals surface area contributed by atoms with E-state index in [1.807, 2.05) is 7.11 Å². The molecule has 0 amide bonds. The third kappa shape index (κ3) is 2.76. The lowest BCUT2D eigenvalue weighted by Gasteiger charge is -2.38. The number of likely N-dealkylation sites (tertiary alicyclic amines) is 2. The molecular formula is C13H26N2O. The summed E-state index contributed by atoms with van der Waals surface area (Å²) in [5.74, 6) is 0. The lowest BCUT2D eigenvalue weighted by atomic mass is 10.0. The highest BCUT2D eigenvalue weighted by atomic mass is 16.5. The lowest BCUT2D eigenvalue weighted by molar-refractivity contribution is 0.0774. The van der Waals surface area contributed by atoms with Crippen LogP contribution >= 0.6 is 0 Å². The van der Waals surface area contributed by atoms with E-state index in [4.69, 9.17) is 4.74 Å². The second-order valence-electron chi connectivity index (χ2n) is 5.50. The minimum absolute atomic E-state index is 0.489. The van der Waals surface area contributed by atoms with Crippen LogP contribution in [0.3, 0.4) is 0 Å². The van der Waals surface area contributed by atoms with Crippen LogP contribution in [0.1, 0.15) is 33.1 Å². The Bertz CT molecular complexity index is 212. The molecule has 0 aromatic carbocycles. The Balaban J connectivity index is 1.77. The van der Waals surface area contributed by atoms with Gasteiger partial charge in [0.1, 0.15) is 0 Å². The maximum Gasteiger partial charge on any atom is 0.0710 e. The zero-order valence-corrected chi connectivity index (χ0v) is 11.0. The molecule has 0 aliphatic carbocycles. The summed E-state index contributed by atoms with van der Waals surface area (Å²) in [5.41, 5.74) is 0. The van der Waals surface area contributed by atoms with Crippen LogP contribution in [0.15, 0.2) is 0 Å². The average Bonchev–Trinajstić information content (AvgIpc) is 2.77. The molecule has 2 aliphatic rings. The number of nitrogens with zero attached hydrogens (tertiary/aromatic N) is 2. The molecule has 3 heteroatoms. The van der Waals surface area contributed by atoms with E-state index < -0.39 is 0 Å². The number of hydrogen-bond acceptors (Lipinski definition) is 3. The predicted octanol–water partition coefficient (Wildman–Crippen LogP) is 1.58. The summed E-state index contributed by atoms with van der Waals surface area (Å²) in [7, 11) is 1.84. The van der Waals surface area contributed by atoms with Gasteiger partial charge in [0, 0.05) is 32.3 Å². The third-order valence-electron chi connectivity index (χ3n) is 4.26. The molecule has 94 valence electrons. The van der Waals surface area contributed by atoms with E-state index in [9.17, 15) is 0 Å². The molecular weight excluding hydrogens is 200 g/mol. The topological polar surface area (TPSA) is 15.7 Å². The Morgan fingerprint density at radius 3 is 2.25 bits per heavy atom. The zero-order valence-electron chi connectivity index (χ0n) is 11.0. The molecule has 0 spiro atoms. The lowest BCUT2D eigenvalue weighted by Crippen LogP contribution is -2.46. The van der Waals surface area contributed by atoms with Crippen molar-refractivity contribution in [3.63, 3.8) is 0 Å². The first-order valence-electron chi connectivity index (χ1n) is 6.71. The molecule has 2 aliphatic heterocycles. The van der Waals surface area contributed by atoms with Crippen molar-refractivity contribution < 1.29 is 4.74 Å². The van der Waals surface area contributed by atoms with Gasteiger partial charge in [-0.05, 0) is 46.2 Å². The highest BCUT2D eigenvalue weighted by Gasteiger charge is 2.30. The zero-order chi connectivity index (χ0) is 11.5. The Morgan fingerprint density at radius 2 is 1.75 bits per heavy atom. The normalized spacial score (nSPS) is 30.4. The van der Waals surface area contributed by atoms with Crippen LogP contribution in [0, 0.1) is 0 Å². The Kier molecular flexibility index (Phi) is 4.22. The summed E-state index contributed by atoms with van der Waals surface area (Å²) in [5, 5.41) is 0. The highest BCUT2D eigenvalue weighted by Crippen LogP contribution is 2.23. The Hall–Kier alpha value is -0.120. The van der Waals surface area contributed by atoms with Gasteiger partial charge in [-0.15, -0.1) is 0 Å². The van der Waals surface area contributed by atoms with Crippen LogP contribution in [-0.2, 0) is 4.74 Å². The summed E-state index contributed by atoms with van der Waals surface area (Å²) in [6.45, 7) is 9.55. The molecule has 0 aromatic rings. The Morgan fingerprint density at radius 1 is 1.06 bits per heavy atom. The summed E-state index contributed by atoms with van der Waals surface area (Å²) in [6.07, 6.45) is 4.40. The van der Waals surface area contributed by atoms with Crippen molar-refractivity contribution in [2.24, 2.45) is 0 Å². The van der Waals surface area contributed by atoms with Gasteiger partial charge in [-0.2, -0.15) is 0 Å². The minimum Gasteiger partial charge on any atom is -0.380 e. The van der Waals surface area contributed by atoms with Crippen LogP contribution in [0.25, 0.3) is 0 Å². The largest absolute Gasteiger partial charge is 0.380 e. The molecule has 0 radical (unpaired) electrons. The standard InChI is InChI=1S/C13H26N2O/c1-11(2)14-7-4-12(5-8-14)15-9-6-13(10-15)16-3/h11-13H,4-10H2,1-3H3/t13-/m1/s1. The van der Waals surface area contributed by atoms with Gasteiger partial charge < -0.3 is 9.64 Å². The van der Waals surface area contributed by atoms with Crippen LogP contribution in [-0.4, -0.2) is 61.3 Å². The molecule has 2 fully saturated rings. The average molecular weight is 226 g/mol. The molecule has 16 heavy (non-hydrogen) atoms. The smallest absolute Gasteiger partial charge is 0.0710 e. The molecule has 0 saturated carbocycles. The fourth-order valence-corrected chi connectivity index (χ4v) is 3.05. The number of hydrogen-bond donors (Lipinski definition) is 0. The first kappa shape index (κ1) is 12.3. The van der Waals surface area contributed by atoms with Gasteiger partial charge in [-0.3, -0.25) is 4.90 Å². The van der Waals surface area contributed by atoms with Gasteiger partial charge in [-0.1, -0.05) is 0 Å². The van der Waals surface area contributed by atoms with Crippen LogP contribution in [0.4, 0.5) is 0 Å². The third-order valence-corrected chi connectivity index (χ3v) is 4.26. The maximum atomic E-state index is 5.44. The number of ether oxygens (including phenoxy) is 1. The predicted molar refractivity (Wildman–Crippen MR) is 66.7 cm³/mol. The van der Waals surface area contributed by atoms with Crippen molar-refractivity contribution in [3.8, 4) is 0 Å². The van der Waals surface area contributed by atoms with Crippen molar-refractivity contribution in [2.75, 3.05) is 33.3 Å². The SMILES string of the molecule is CO[C@@H]1CCN(C2CCN(C(C)C)CC2)C1. The van der Waals surface area contributed by atoms with Crippen molar-refractivity contribution in [3.05, 3.63) is 0 Å². The molecule has 2 rings (SSSR count). The van der Waals surface area contributed by atoms with Gasteiger partial charge in [0.15, 0.2) is 0 Å². The van der Waals surface area contributed by atoms with Crippen LogP contribution in [0.5, 0.6) is 0 Å². The second kappa shape index (κ2) is 5.48.